The molecular weight excluding hydrogens is 189 g/mol. The number of unbranched alkanes of at least 4 members (excludes halogenated alkanes) is 1. The standard InChI is InChI=1S/C11H21F3/c1-5-6-7-10(3,4)8-9(2)11(12,13)14/h9H,5-8H2,1-4H3. The molecule has 0 aliphatic carbocycles. The average Bonchev–Trinajstić information content (AvgIpc) is 1.98. The van der Waals surface area contributed by atoms with E-state index in [4.69, 9.17) is 0 Å². The molecule has 0 bridgehead atoms. The van der Waals surface area contributed by atoms with Crippen molar-refractivity contribution in [2.75, 3.05) is 0 Å². The minimum absolute atomic E-state index is 0.190. The lowest BCUT2D eigenvalue weighted by Crippen LogP contribution is -2.26. The van der Waals surface area contributed by atoms with E-state index in [9.17, 15) is 13.2 Å². The molecule has 1 atom stereocenters. The van der Waals surface area contributed by atoms with E-state index >= 15 is 0 Å². The van der Waals surface area contributed by atoms with Crippen LogP contribution in [0.1, 0.15) is 53.4 Å². The van der Waals surface area contributed by atoms with Crippen LogP contribution in [0.15, 0.2) is 0 Å². The Labute approximate surface area is 84.9 Å². The number of hydrogen-bond donors (Lipinski definition) is 0. The molecule has 0 saturated carbocycles. The molecule has 3 heteroatoms. The fraction of sp³-hybridized carbons (Fsp3) is 1.00. The normalized spacial score (nSPS) is 15.6. The molecule has 14 heavy (non-hydrogen) atoms. The summed E-state index contributed by atoms with van der Waals surface area (Å²) in [5, 5.41) is 0. The SMILES string of the molecule is CCCCC(C)(C)CC(C)C(F)(F)F. The summed E-state index contributed by atoms with van der Waals surface area (Å²) in [5.74, 6) is -1.19. The smallest absolute Gasteiger partial charge is 0.171 e. The molecule has 0 radical (unpaired) electrons. The maximum atomic E-state index is 12.3. The van der Waals surface area contributed by atoms with Gasteiger partial charge in [-0.05, 0) is 18.3 Å². The van der Waals surface area contributed by atoms with Gasteiger partial charge in [0.1, 0.15) is 0 Å². The minimum atomic E-state index is -4.04. The molecule has 0 heterocycles. The summed E-state index contributed by atoms with van der Waals surface area (Å²) in [6, 6.07) is 0. The highest BCUT2D eigenvalue weighted by Gasteiger charge is 2.38. The molecule has 0 spiro atoms. The van der Waals surface area contributed by atoms with E-state index in [1.165, 1.54) is 6.92 Å². The maximum Gasteiger partial charge on any atom is 0.391 e. The fourth-order valence-corrected chi connectivity index (χ4v) is 1.70. The Hall–Kier alpha value is -0.210. The largest absolute Gasteiger partial charge is 0.391 e. The van der Waals surface area contributed by atoms with Crippen LogP contribution in [0.25, 0.3) is 0 Å². The quantitative estimate of drug-likeness (QED) is 0.612. The lowest BCUT2D eigenvalue weighted by molar-refractivity contribution is -0.177. The molecule has 0 aliphatic rings. The van der Waals surface area contributed by atoms with E-state index in [-0.39, 0.29) is 11.8 Å². The van der Waals surface area contributed by atoms with Crippen LogP contribution < -0.4 is 0 Å². The van der Waals surface area contributed by atoms with E-state index in [1.807, 2.05) is 13.8 Å². The third kappa shape index (κ3) is 5.51. The molecule has 0 N–H and O–H groups in total. The van der Waals surface area contributed by atoms with Crippen molar-refractivity contribution < 1.29 is 13.2 Å². The van der Waals surface area contributed by atoms with Crippen molar-refractivity contribution in [1.82, 2.24) is 0 Å². The van der Waals surface area contributed by atoms with Gasteiger partial charge in [-0.1, -0.05) is 40.5 Å². The van der Waals surface area contributed by atoms with Crippen LogP contribution in [-0.4, -0.2) is 6.18 Å². The van der Waals surface area contributed by atoms with Crippen LogP contribution in [0, 0.1) is 11.3 Å². The Morgan fingerprint density at radius 1 is 1.14 bits per heavy atom. The Balaban J connectivity index is 4.08. The molecule has 0 fully saturated rings. The van der Waals surface area contributed by atoms with Crippen LogP contribution >= 0.6 is 0 Å². The topological polar surface area (TPSA) is 0 Å². The molecule has 0 nitrogen and oxygen atoms in total. The first-order valence-electron chi connectivity index (χ1n) is 5.26. The van der Waals surface area contributed by atoms with E-state index in [0.29, 0.717) is 0 Å². The number of alkyl halides is 3. The van der Waals surface area contributed by atoms with Crippen molar-refractivity contribution in [2.24, 2.45) is 11.3 Å². The van der Waals surface area contributed by atoms with Gasteiger partial charge >= 0.3 is 6.18 Å². The van der Waals surface area contributed by atoms with E-state index in [2.05, 4.69) is 6.92 Å². The molecule has 0 rings (SSSR count). The van der Waals surface area contributed by atoms with Gasteiger partial charge in [-0.25, -0.2) is 0 Å². The van der Waals surface area contributed by atoms with Gasteiger partial charge in [0.15, 0.2) is 0 Å². The molecule has 86 valence electrons. The summed E-state index contributed by atoms with van der Waals surface area (Å²) in [6.07, 6.45) is -0.870. The van der Waals surface area contributed by atoms with Crippen LogP contribution in [0.2, 0.25) is 0 Å². The van der Waals surface area contributed by atoms with Crippen molar-refractivity contribution in [3.05, 3.63) is 0 Å². The van der Waals surface area contributed by atoms with Gasteiger partial charge in [0.05, 0.1) is 5.92 Å². The van der Waals surface area contributed by atoms with Crippen molar-refractivity contribution in [1.29, 1.82) is 0 Å². The van der Waals surface area contributed by atoms with Gasteiger partial charge in [-0.15, -0.1) is 0 Å². The van der Waals surface area contributed by atoms with E-state index < -0.39 is 12.1 Å². The van der Waals surface area contributed by atoms with Crippen molar-refractivity contribution in [2.45, 2.75) is 59.6 Å². The first kappa shape index (κ1) is 13.8. The maximum absolute atomic E-state index is 12.3. The molecule has 0 saturated heterocycles. The van der Waals surface area contributed by atoms with Gasteiger partial charge in [0.2, 0.25) is 0 Å². The summed E-state index contributed by atoms with van der Waals surface area (Å²) < 4.78 is 36.9. The zero-order chi connectivity index (χ0) is 11.4. The van der Waals surface area contributed by atoms with Crippen LogP contribution in [0.5, 0.6) is 0 Å². The lowest BCUT2D eigenvalue weighted by Gasteiger charge is -2.29. The average molecular weight is 210 g/mol. The van der Waals surface area contributed by atoms with E-state index in [0.717, 1.165) is 19.3 Å². The molecule has 0 aliphatic heterocycles. The van der Waals surface area contributed by atoms with Crippen LogP contribution in [-0.2, 0) is 0 Å². The zero-order valence-corrected chi connectivity index (χ0v) is 9.54. The Kier molecular flexibility index (Phi) is 4.96. The third-order valence-corrected chi connectivity index (χ3v) is 2.62. The number of rotatable bonds is 5. The summed E-state index contributed by atoms with van der Waals surface area (Å²) in [6.45, 7) is 7.17. The first-order valence-corrected chi connectivity index (χ1v) is 5.26. The van der Waals surface area contributed by atoms with Crippen LogP contribution in [0.4, 0.5) is 13.2 Å². The van der Waals surface area contributed by atoms with E-state index in [1.54, 1.807) is 0 Å². The highest BCUT2D eigenvalue weighted by atomic mass is 19.4. The van der Waals surface area contributed by atoms with Gasteiger partial charge in [-0.3, -0.25) is 0 Å². The zero-order valence-electron chi connectivity index (χ0n) is 9.54. The fourth-order valence-electron chi connectivity index (χ4n) is 1.70. The Morgan fingerprint density at radius 2 is 1.64 bits per heavy atom. The summed E-state index contributed by atoms with van der Waals surface area (Å²) in [4.78, 5) is 0. The third-order valence-electron chi connectivity index (χ3n) is 2.62. The second-order valence-corrected chi connectivity index (χ2v) is 4.91. The molecule has 0 aromatic rings. The number of halogens is 3. The summed E-state index contributed by atoms with van der Waals surface area (Å²) >= 11 is 0. The van der Waals surface area contributed by atoms with Gasteiger partial charge in [-0.2, -0.15) is 13.2 Å². The van der Waals surface area contributed by atoms with Gasteiger partial charge < -0.3 is 0 Å². The highest BCUT2D eigenvalue weighted by Crippen LogP contribution is 2.38. The molecule has 0 aromatic heterocycles. The van der Waals surface area contributed by atoms with Crippen molar-refractivity contribution >= 4 is 0 Å². The Morgan fingerprint density at radius 3 is 2.00 bits per heavy atom. The summed E-state index contributed by atoms with van der Waals surface area (Å²) in [7, 11) is 0. The first-order chi connectivity index (χ1) is 6.19. The predicted molar refractivity (Wildman–Crippen MR) is 53.1 cm³/mol. The molecule has 1 unspecified atom stereocenters. The van der Waals surface area contributed by atoms with Gasteiger partial charge in [0.25, 0.3) is 0 Å². The van der Waals surface area contributed by atoms with Crippen molar-refractivity contribution in [3.63, 3.8) is 0 Å². The Bertz CT molecular complexity index is 158. The summed E-state index contributed by atoms with van der Waals surface area (Å²) in [5.41, 5.74) is -0.190. The number of hydrogen-bond acceptors (Lipinski definition) is 0. The van der Waals surface area contributed by atoms with Gasteiger partial charge in [0, 0.05) is 0 Å². The molecule has 0 aromatic carbocycles. The predicted octanol–water partition coefficient (Wildman–Crippen LogP) is 4.79. The monoisotopic (exact) mass is 210 g/mol. The second kappa shape index (κ2) is 5.04. The van der Waals surface area contributed by atoms with Crippen molar-refractivity contribution in [3.8, 4) is 0 Å². The molecular formula is C11H21F3. The van der Waals surface area contributed by atoms with Crippen LogP contribution in [0.3, 0.4) is 0 Å². The molecule has 0 amide bonds. The lowest BCUT2D eigenvalue weighted by atomic mass is 9.79. The minimum Gasteiger partial charge on any atom is -0.171 e. The second-order valence-electron chi connectivity index (χ2n) is 4.91. The highest BCUT2D eigenvalue weighted by molar-refractivity contribution is 4.75.